The van der Waals surface area contributed by atoms with E-state index >= 15 is 0 Å². The van der Waals surface area contributed by atoms with Gasteiger partial charge in [-0.25, -0.2) is 8.42 Å². The van der Waals surface area contributed by atoms with Crippen LogP contribution in [0.4, 0.5) is 0 Å². The van der Waals surface area contributed by atoms with Crippen molar-refractivity contribution in [3.05, 3.63) is 47.3 Å². The number of carbonyl (C=O) groups is 1. The maximum Gasteiger partial charge on any atom is 0.273 e. The van der Waals surface area contributed by atoms with Crippen LogP contribution in [-0.2, 0) is 21.3 Å². The van der Waals surface area contributed by atoms with E-state index in [0.29, 0.717) is 32.1 Å². The highest BCUT2D eigenvalue weighted by Crippen LogP contribution is 2.17. The van der Waals surface area contributed by atoms with Gasteiger partial charge in [-0.1, -0.05) is 17.3 Å². The van der Waals surface area contributed by atoms with Crippen LogP contribution < -0.4 is 5.32 Å². The van der Waals surface area contributed by atoms with E-state index in [0.717, 1.165) is 5.56 Å². The molecule has 1 aliphatic heterocycles. The van der Waals surface area contributed by atoms with Crippen LogP contribution in [0, 0.1) is 6.92 Å². The molecule has 1 fully saturated rings. The van der Waals surface area contributed by atoms with Crippen LogP contribution in [0.15, 0.2) is 39.8 Å². The molecule has 1 amide bonds. The van der Waals surface area contributed by atoms with Gasteiger partial charge >= 0.3 is 0 Å². The van der Waals surface area contributed by atoms with Gasteiger partial charge in [-0.3, -0.25) is 4.79 Å². The maximum atomic E-state index is 12.5. The van der Waals surface area contributed by atoms with E-state index in [1.54, 1.807) is 37.3 Å². The summed E-state index contributed by atoms with van der Waals surface area (Å²) in [5.74, 6) is 0.213. The first-order chi connectivity index (χ1) is 12.0. The summed E-state index contributed by atoms with van der Waals surface area (Å²) in [7, 11) is -3.51. The van der Waals surface area contributed by atoms with Gasteiger partial charge in [0, 0.05) is 25.7 Å². The van der Waals surface area contributed by atoms with Gasteiger partial charge in [0.25, 0.3) is 5.91 Å². The van der Waals surface area contributed by atoms with Crippen molar-refractivity contribution in [2.45, 2.75) is 18.4 Å². The number of aryl methyl sites for hydroxylation is 1. The molecule has 1 N–H and O–H groups in total. The van der Waals surface area contributed by atoms with Crippen molar-refractivity contribution in [1.29, 1.82) is 0 Å². The number of aromatic nitrogens is 1. The zero-order chi connectivity index (χ0) is 17.9. The molecule has 2 heterocycles. The van der Waals surface area contributed by atoms with E-state index in [-0.39, 0.29) is 23.0 Å². The maximum absolute atomic E-state index is 12.5. The molecule has 2 aromatic rings. The largest absolute Gasteiger partial charge is 0.379 e. The second-order valence-corrected chi connectivity index (χ2v) is 7.60. The number of nitrogens with zero attached hydrogens (tertiary/aromatic N) is 2. The number of rotatable bonds is 5. The van der Waals surface area contributed by atoms with Crippen LogP contribution in [-0.4, -0.2) is 50.1 Å². The third-order valence-corrected chi connectivity index (χ3v) is 5.76. The Hall–Kier alpha value is -2.23. The van der Waals surface area contributed by atoms with Crippen LogP contribution in [0.3, 0.4) is 0 Å². The highest BCUT2D eigenvalue weighted by atomic mass is 32.2. The molecule has 1 saturated heterocycles. The average molecular weight is 365 g/mol. The Morgan fingerprint density at radius 3 is 2.52 bits per heavy atom. The molecular weight excluding hydrogens is 346 g/mol. The first-order valence-electron chi connectivity index (χ1n) is 7.85. The number of hydrogen-bond donors (Lipinski definition) is 1. The van der Waals surface area contributed by atoms with E-state index in [1.165, 1.54) is 4.31 Å². The highest BCUT2D eigenvalue weighted by molar-refractivity contribution is 7.89. The van der Waals surface area contributed by atoms with Crippen molar-refractivity contribution >= 4 is 15.9 Å². The zero-order valence-corrected chi connectivity index (χ0v) is 14.6. The predicted molar refractivity (Wildman–Crippen MR) is 88.4 cm³/mol. The van der Waals surface area contributed by atoms with Crippen LogP contribution in [0.2, 0.25) is 0 Å². The number of nitrogens with one attached hydrogen (secondary N) is 1. The Bertz CT molecular complexity index is 839. The molecule has 3 rings (SSSR count). The highest BCUT2D eigenvalue weighted by Gasteiger charge is 2.26. The molecule has 0 spiro atoms. The number of ether oxygens (including phenoxy) is 1. The molecule has 1 aliphatic rings. The van der Waals surface area contributed by atoms with E-state index in [2.05, 4.69) is 10.5 Å². The van der Waals surface area contributed by atoms with Gasteiger partial charge in [0.2, 0.25) is 10.0 Å². The van der Waals surface area contributed by atoms with Gasteiger partial charge in [-0.05, 0) is 24.6 Å². The molecule has 0 unspecified atom stereocenters. The summed E-state index contributed by atoms with van der Waals surface area (Å²) in [4.78, 5) is 12.1. The van der Waals surface area contributed by atoms with Gasteiger partial charge in [0.05, 0.1) is 18.1 Å². The van der Waals surface area contributed by atoms with E-state index in [9.17, 15) is 13.2 Å². The van der Waals surface area contributed by atoms with Gasteiger partial charge < -0.3 is 14.6 Å². The molecule has 0 radical (unpaired) electrons. The van der Waals surface area contributed by atoms with Crippen molar-refractivity contribution in [3.8, 4) is 0 Å². The fourth-order valence-corrected chi connectivity index (χ4v) is 3.87. The smallest absolute Gasteiger partial charge is 0.273 e. The normalized spacial score (nSPS) is 15.9. The van der Waals surface area contributed by atoms with Gasteiger partial charge in [0.1, 0.15) is 5.76 Å². The summed E-state index contributed by atoms with van der Waals surface area (Å²) in [5, 5.41) is 6.36. The Labute approximate surface area is 145 Å². The number of carbonyl (C=O) groups excluding carboxylic acids is 1. The van der Waals surface area contributed by atoms with Gasteiger partial charge in [0.15, 0.2) is 5.69 Å². The minimum absolute atomic E-state index is 0.212. The van der Waals surface area contributed by atoms with E-state index < -0.39 is 10.0 Å². The molecular formula is C16H19N3O5S. The number of benzene rings is 1. The van der Waals surface area contributed by atoms with Crippen molar-refractivity contribution in [3.63, 3.8) is 0 Å². The molecule has 0 aliphatic carbocycles. The molecule has 9 heteroatoms. The molecule has 134 valence electrons. The van der Waals surface area contributed by atoms with Crippen LogP contribution in [0.1, 0.15) is 21.8 Å². The summed E-state index contributed by atoms with van der Waals surface area (Å²) in [6, 6.07) is 8.01. The first kappa shape index (κ1) is 17.6. The number of amides is 1. The Kier molecular flexibility index (Phi) is 5.16. The lowest BCUT2D eigenvalue weighted by Crippen LogP contribution is -2.40. The first-order valence-corrected chi connectivity index (χ1v) is 9.29. The standard InChI is InChI=1S/C16H19N3O5S/c1-12-10-15(18-24-12)16(20)17-11-13-2-4-14(5-3-13)25(21,22)19-6-8-23-9-7-19/h2-5,10H,6-9,11H2,1H3,(H,17,20). The van der Waals surface area contributed by atoms with Gasteiger partial charge in [-0.2, -0.15) is 4.31 Å². The quantitative estimate of drug-likeness (QED) is 0.846. The van der Waals surface area contributed by atoms with E-state index in [4.69, 9.17) is 9.26 Å². The lowest BCUT2D eigenvalue weighted by atomic mass is 10.2. The lowest BCUT2D eigenvalue weighted by molar-refractivity contribution is 0.0730. The number of morpholine rings is 1. The summed E-state index contributed by atoms with van der Waals surface area (Å²) in [6.45, 7) is 3.50. The molecule has 8 nitrogen and oxygen atoms in total. The Morgan fingerprint density at radius 1 is 1.24 bits per heavy atom. The van der Waals surface area contributed by atoms with Crippen LogP contribution >= 0.6 is 0 Å². The lowest BCUT2D eigenvalue weighted by Gasteiger charge is -2.26. The zero-order valence-electron chi connectivity index (χ0n) is 13.8. The molecule has 0 atom stereocenters. The molecule has 0 bridgehead atoms. The topological polar surface area (TPSA) is 102 Å². The Morgan fingerprint density at radius 2 is 1.92 bits per heavy atom. The summed E-state index contributed by atoms with van der Waals surface area (Å²) in [5.41, 5.74) is 0.999. The predicted octanol–water partition coefficient (Wildman–Crippen LogP) is 0.934. The third-order valence-electron chi connectivity index (χ3n) is 3.84. The summed E-state index contributed by atoms with van der Waals surface area (Å²) < 4.78 is 36.5. The second-order valence-electron chi connectivity index (χ2n) is 5.67. The molecule has 1 aromatic heterocycles. The fourth-order valence-electron chi connectivity index (χ4n) is 2.46. The number of hydrogen-bond acceptors (Lipinski definition) is 6. The second kappa shape index (κ2) is 7.34. The molecule has 25 heavy (non-hydrogen) atoms. The monoisotopic (exact) mass is 365 g/mol. The molecule has 1 aromatic carbocycles. The Balaban J connectivity index is 1.63. The SMILES string of the molecule is Cc1cc(C(=O)NCc2ccc(S(=O)(=O)N3CCOCC3)cc2)no1. The van der Waals surface area contributed by atoms with Crippen molar-refractivity contribution in [2.24, 2.45) is 0 Å². The van der Waals surface area contributed by atoms with E-state index in [1.807, 2.05) is 0 Å². The number of sulfonamides is 1. The van der Waals surface area contributed by atoms with Crippen LogP contribution in [0.5, 0.6) is 0 Å². The van der Waals surface area contributed by atoms with Crippen molar-refractivity contribution in [1.82, 2.24) is 14.8 Å². The molecule has 0 saturated carbocycles. The third kappa shape index (κ3) is 4.06. The fraction of sp³-hybridized carbons (Fsp3) is 0.375. The van der Waals surface area contributed by atoms with Crippen molar-refractivity contribution in [2.75, 3.05) is 26.3 Å². The minimum Gasteiger partial charge on any atom is -0.379 e. The minimum atomic E-state index is -3.51. The van der Waals surface area contributed by atoms with Gasteiger partial charge in [-0.15, -0.1) is 0 Å². The summed E-state index contributed by atoms with van der Waals surface area (Å²) >= 11 is 0. The van der Waals surface area contributed by atoms with Crippen molar-refractivity contribution < 1.29 is 22.5 Å². The average Bonchev–Trinajstić information content (AvgIpc) is 3.07. The summed E-state index contributed by atoms with van der Waals surface area (Å²) in [6.07, 6.45) is 0. The van der Waals surface area contributed by atoms with Crippen LogP contribution in [0.25, 0.3) is 0 Å².